The highest BCUT2D eigenvalue weighted by molar-refractivity contribution is 6.31. The summed E-state index contributed by atoms with van der Waals surface area (Å²) in [4.78, 5) is 11.6. The van der Waals surface area contributed by atoms with Crippen molar-refractivity contribution >= 4 is 17.5 Å². The summed E-state index contributed by atoms with van der Waals surface area (Å²) in [6.45, 7) is 5.92. The number of rotatable bonds is 3. The smallest absolute Gasteiger partial charge is 0.238 e. The minimum absolute atomic E-state index is 0.0944. The first-order valence-electron chi connectivity index (χ1n) is 5.18. The molecule has 0 aromatic heterocycles. The maximum atomic E-state index is 11.6. The summed E-state index contributed by atoms with van der Waals surface area (Å²) in [5.41, 5.74) is 6.26. The average molecular weight is 241 g/mol. The minimum Gasteiger partial charge on any atom is -0.291 e. The predicted octanol–water partition coefficient (Wildman–Crippen LogP) is 2.30. The zero-order valence-electron chi connectivity index (χ0n) is 9.80. The first-order valence-corrected chi connectivity index (χ1v) is 5.56. The van der Waals surface area contributed by atoms with Crippen LogP contribution in [0.1, 0.15) is 26.3 Å². The second-order valence-corrected chi connectivity index (χ2v) is 5.10. The highest BCUT2D eigenvalue weighted by Crippen LogP contribution is 2.15. The van der Waals surface area contributed by atoms with Gasteiger partial charge in [0.05, 0.1) is 6.42 Å². The van der Waals surface area contributed by atoms with Crippen LogP contribution in [-0.2, 0) is 11.2 Å². The quantitative estimate of drug-likeness (QED) is 0.796. The molecule has 0 atom stereocenters. The first-order chi connectivity index (χ1) is 7.38. The van der Waals surface area contributed by atoms with Crippen molar-refractivity contribution in [2.45, 2.75) is 32.7 Å². The molecule has 2 N–H and O–H groups in total. The number of hydrogen-bond acceptors (Lipinski definition) is 2. The van der Waals surface area contributed by atoms with Crippen LogP contribution in [0.2, 0.25) is 5.02 Å². The SMILES string of the molecule is CC(C)(C)NNC(=O)Cc1ccccc1Cl. The Morgan fingerprint density at radius 1 is 1.31 bits per heavy atom. The maximum absolute atomic E-state index is 11.6. The molecule has 0 saturated heterocycles. The van der Waals surface area contributed by atoms with Gasteiger partial charge in [-0.1, -0.05) is 29.8 Å². The van der Waals surface area contributed by atoms with Crippen LogP contribution >= 0.6 is 11.6 Å². The van der Waals surface area contributed by atoms with Crippen molar-refractivity contribution in [2.24, 2.45) is 0 Å². The van der Waals surface area contributed by atoms with E-state index in [2.05, 4.69) is 10.9 Å². The van der Waals surface area contributed by atoms with Gasteiger partial charge >= 0.3 is 0 Å². The van der Waals surface area contributed by atoms with E-state index in [0.29, 0.717) is 5.02 Å². The van der Waals surface area contributed by atoms with Crippen molar-refractivity contribution in [3.8, 4) is 0 Å². The molecule has 1 aromatic rings. The number of hydrogen-bond donors (Lipinski definition) is 2. The summed E-state index contributed by atoms with van der Waals surface area (Å²) in [6, 6.07) is 7.34. The Bertz CT molecular complexity index is 372. The second kappa shape index (κ2) is 5.32. The van der Waals surface area contributed by atoms with Crippen LogP contribution in [0.25, 0.3) is 0 Å². The van der Waals surface area contributed by atoms with Crippen molar-refractivity contribution in [2.75, 3.05) is 0 Å². The van der Waals surface area contributed by atoms with E-state index < -0.39 is 0 Å². The van der Waals surface area contributed by atoms with Crippen molar-refractivity contribution in [1.82, 2.24) is 10.9 Å². The molecule has 1 rings (SSSR count). The summed E-state index contributed by atoms with van der Waals surface area (Å²) in [5, 5.41) is 0.619. The van der Waals surface area contributed by atoms with E-state index in [-0.39, 0.29) is 17.9 Å². The van der Waals surface area contributed by atoms with Crippen LogP contribution in [0.5, 0.6) is 0 Å². The van der Waals surface area contributed by atoms with Gasteiger partial charge in [0.1, 0.15) is 0 Å². The number of hydrazine groups is 1. The van der Waals surface area contributed by atoms with E-state index in [1.807, 2.05) is 39.0 Å². The molecule has 0 radical (unpaired) electrons. The molecule has 0 aliphatic heterocycles. The molecular weight excluding hydrogens is 224 g/mol. The molecule has 0 aliphatic rings. The zero-order chi connectivity index (χ0) is 12.2. The zero-order valence-corrected chi connectivity index (χ0v) is 10.6. The van der Waals surface area contributed by atoms with Crippen molar-refractivity contribution in [1.29, 1.82) is 0 Å². The van der Waals surface area contributed by atoms with Crippen LogP contribution in [0.3, 0.4) is 0 Å². The third-order valence-corrected chi connectivity index (χ3v) is 2.25. The summed E-state index contributed by atoms with van der Waals surface area (Å²) >= 11 is 5.96. The molecule has 4 heteroatoms. The van der Waals surface area contributed by atoms with E-state index in [4.69, 9.17) is 11.6 Å². The molecule has 0 heterocycles. The molecule has 3 nitrogen and oxygen atoms in total. The Labute approximate surface area is 101 Å². The fourth-order valence-corrected chi connectivity index (χ4v) is 1.32. The van der Waals surface area contributed by atoms with Gasteiger partial charge in [-0.2, -0.15) is 0 Å². The van der Waals surface area contributed by atoms with E-state index in [1.54, 1.807) is 6.07 Å². The molecule has 88 valence electrons. The second-order valence-electron chi connectivity index (χ2n) is 4.69. The Kier molecular flexibility index (Phi) is 4.33. The number of nitrogens with one attached hydrogen (secondary N) is 2. The lowest BCUT2D eigenvalue weighted by molar-refractivity contribution is -0.121. The van der Waals surface area contributed by atoms with Crippen LogP contribution in [0.4, 0.5) is 0 Å². The topological polar surface area (TPSA) is 41.1 Å². The third kappa shape index (κ3) is 4.64. The highest BCUT2D eigenvalue weighted by Gasteiger charge is 2.11. The maximum Gasteiger partial charge on any atom is 0.238 e. The number of benzene rings is 1. The predicted molar refractivity (Wildman–Crippen MR) is 66.2 cm³/mol. The van der Waals surface area contributed by atoms with Gasteiger partial charge in [-0.3, -0.25) is 10.2 Å². The molecule has 0 bridgehead atoms. The molecule has 0 unspecified atom stereocenters. The Morgan fingerprint density at radius 2 is 1.94 bits per heavy atom. The normalized spacial score (nSPS) is 11.2. The Balaban J connectivity index is 2.50. The number of carbonyl (C=O) groups is 1. The summed E-state index contributed by atoms with van der Waals surface area (Å²) in [7, 11) is 0. The van der Waals surface area contributed by atoms with Crippen molar-refractivity contribution in [3.05, 3.63) is 34.9 Å². The summed E-state index contributed by atoms with van der Waals surface area (Å²) in [5.74, 6) is -0.0944. The van der Waals surface area contributed by atoms with Gasteiger partial charge in [0, 0.05) is 10.6 Å². The molecule has 0 spiro atoms. The van der Waals surface area contributed by atoms with Gasteiger partial charge in [0.15, 0.2) is 0 Å². The van der Waals surface area contributed by atoms with Gasteiger partial charge in [0.25, 0.3) is 0 Å². The lowest BCUT2D eigenvalue weighted by Gasteiger charge is -2.21. The molecule has 1 amide bonds. The van der Waals surface area contributed by atoms with Gasteiger partial charge in [-0.25, -0.2) is 5.43 Å². The van der Waals surface area contributed by atoms with Crippen LogP contribution in [0.15, 0.2) is 24.3 Å². The van der Waals surface area contributed by atoms with Crippen LogP contribution in [-0.4, -0.2) is 11.4 Å². The minimum atomic E-state index is -0.143. The number of carbonyl (C=O) groups excluding carboxylic acids is 1. The van der Waals surface area contributed by atoms with E-state index in [0.717, 1.165) is 5.56 Å². The van der Waals surface area contributed by atoms with Crippen LogP contribution in [0, 0.1) is 0 Å². The molecule has 0 fully saturated rings. The molecule has 16 heavy (non-hydrogen) atoms. The largest absolute Gasteiger partial charge is 0.291 e. The van der Waals surface area contributed by atoms with Gasteiger partial charge in [-0.15, -0.1) is 0 Å². The Morgan fingerprint density at radius 3 is 2.50 bits per heavy atom. The van der Waals surface area contributed by atoms with Gasteiger partial charge in [-0.05, 0) is 32.4 Å². The van der Waals surface area contributed by atoms with Crippen molar-refractivity contribution in [3.63, 3.8) is 0 Å². The average Bonchev–Trinajstić information content (AvgIpc) is 2.18. The fraction of sp³-hybridized carbons (Fsp3) is 0.417. The number of halogens is 1. The van der Waals surface area contributed by atoms with Gasteiger partial charge < -0.3 is 0 Å². The number of amides is 1. The summed E-state index contributed by atoms with van der Waals surface area (Å²) < 4.78 is 0. The molecule has 1 aromatic carbocycles. The molecule has 0 aliphatic carbocycles. The van der Waals surface area contributed by atoms with Gasteiger partial charge in [0.2, 0.25) is 5.91 Å². The van der Waals surface area contributed by atoms with Crippen molar-refractivity contribution < 1.29 is 4.79 Å². The lowest BCUT2D eigenvalue weighted by Crippen LogP contribution is -2.49. The first kappa shape index (κ1) is 13.0. The lowest BCUT2D eigenvalue weighted by atomic mass is 10.1. The fourth-order valence-electron chi connectivity index (χ4n) is 1.12. The molecular formula is C12H17ClN2O. The summed E-state index contributed by atoms with van der Waals surface area (Å²) in [6.07, 6.45) is 0.281. The van der Waals surface area contributed by atoms with E-state index in [9.17, 15) is 4.79 Å². The van der Waals surface area contributed by atoms with Crippen LogP contribution < -0.4 is 10.9 Å². The Hall–Kier alpha value is -1.06. The third-order valence-electron chi connectivity index (χ3n) is 1.89. The monoisotopic (exact) mass is 240 g/mol. The molecule has 0 saturated carbocycles. The standard InChI is InChI=1S/C12H17ClN2O/c1-12(2,3)15-14-11(16)8-9-6-4-5-7-10(9)13/h4-7,15H,8H2,1-3H3,(H,14,16). The highest BCUT2D eigenvalue weighted by atomic mass is 35.5. The van der Waals surface area contributed by atoms with E-state index >= 15 is 0 Å². The van der Waals surface area contributed by atoms with E-state index in [1.165, 1.54) is 0 Å².